The van der Waals surface area contributed by atoms with Crippen molar-refractivity contribution >= 4 is 33.9 Å². The third-order valence-electron chi connectivity index (χ3n) is 4.63. The summed E-state index contributed by atoms with van der Waals surface area (Å²) in [6.45, 7) is -0.308. The van der Waals surface area contributed by atoms with Gasteiger partial charge in [0.05, 0.1) is 6.33 Å². The number of carbonyl (C=O) groups excluding carboxylic acids is 2. The average molecular weight is 390 g/mol. The number of primary amides is 1. The van der Waals surface area contributed by atoms with Gasteiger partial charge in [0.2, 0.25) is 17.4 Å². The Morgan fingerprint density at radius 2 is 1.83 bits per heavy atom. The summed E-state index contributed by atoms with van der Waals surface area (Å²) in [6, 6.07) is 15.5. The lowest BCUT2D eigenvalue weighted by Crippen LogP contribution is -2.47. The molecule has 0 saturated heterocycles. The van der Waals surface area contributed by atoms with Gasteiger partial charge in [-0.05, 0) is 17.7 Å². The molecule has 3 N–H and O–H groups in total. The number of nitrogens with zero attached hydrogens (tertiary/aromatic N) is 2. The van der Waals surface area contributed by atoms with Crippen molar-refractivity contribution in [3.05, 3.63) is 76.8 Å². The van der Waals surface area contributed by atoms with E-state index in [9.17, 15) is 14.4 Å². The number of rotatable bonds is 6. The minimum atomic E-state index is -0.886. The topological polar surface area (TPSA) is 120 Å². The molecule has 2 aromatic heterocycles. The van der Waals surface area contributed by atoms with E-state index in [4.69, 9.17) is 10.2 Å². The first-order chi connectivity index (χ1) is 14.0. The van der Waals surface area contributed by atoms with Gasteiger partial charge in [-0.2, -0.15) is 0 Å². The fourth-order valence-electron chi connectivity index (χ4n) is 3.20. The zero-order chi connectivity index (χ0) is 20.4. The van der Waals surface area contributed by atoms with Crippen LogP contribution in [0.3, 0.4) is 0 Å². The molecule has 2 heterocycles. The van der Waals surface area contributed by atoms with Crippen LogP contribution in [-0.4, -0.2) is 27.4 Å². The SMILES string of the molecule is NC(=O)C(Cc1ccccc1)NC(=O)Cn1cnc2c(oc3ccccc32)c1=O. The molecular weight excluding hydrogens is 372 g/mol. The van der Waals surface area contributed by atoms with Crippen molar-refractivity contribution in [1.29, 1.82) is 0 Å². The van der Waals surface area contributed by atoms with Crippen molar-refractivity contribution < 1.29 is 14.0 Å². The molecule has 0 aliphatic rings. The molecule has 1 unspecified atom stereocenters. The molecule has 0 radical (unpaired) electrons. The summed E-state index contributed by atoms with van der Waals surface area (Å²) in [4.78, 5) is 41.2. The molecule has 8 nitrogen and oxygen atoms in total. The van der Waals surface area contributed by atoms with Gasteiger partial charge in [-0.15, -0.1) is 0 Å². The lowest BCUT2D eigenvalue weighted by atomic mass is 10.1. The van der Waals surface area contributed by atoms with Crippen LogP contribution in [0.25, 0.3) is 22.1 Å². The molecule has 4 aromatic rings. The van der Waals surface area contributed by atoms with Gasteiger partial charge in [0.1, 0.15) is 23.7 Å². The van der Waals surface area contributed by atoms with Gasteiger partial charge in [0.25, 0.3) is 5.56 Å². The van der Waals surface area contributed by atoms with Crippen LogP contribution in [0.1, 0.15) is 5.56 Å². The third kappa shape index (κ3) is 3.73. The van der Waals surface area contributed by atoms with Crippen molar-refractivity contribution in [2.45, 2.75) is 19.0 Å². The minimum absolute atomic E-state index is 0.0808. The number of hydrogen-bond donors (Lipinski definition) is 2. The van der Waals surface area contributed by atoms with Crippen LogP contribution in [0.15, 0.2) is 70.1 Å². The number of furan rings is 1. The van der Waals surface area contributed by atoms with Gasteiger partial charge in [-0.25, -0.2) is 4.98 Å². The first-order valence-electron chi connectivity index (χ1n) is 9.02. The quantitative estimate of drug-likeness (QED) is 0.515. The van der Waals surface area contributed by atoms with E-state index in [1.807, 2.05) is 42.5 Å². The first kappa shape index (κ1) is 18.4. The number of nitrogens with two attached hydrogens (primary N) is 1. The van der Waals surface area contributed by atoms with Crippen molar-refractivity contribution in [2.75, 3.05) is 0 Å². The second-order valence-corrected chi connectivity index (χ2v) is 6.67. The Morgan fingerprint density at radius 1 is 1.10 bits per heavy atom. The zero-order valence-electron chi connectivity index (χ0n) is 15.4. The van der Waals surface area contributed by atoms with E-state index in [-0.39, 0.29) is 18.5 Å². The van der Waals surface area contributed by atoms with E-state index in [1.165, 1.54) is 6.33 Å². The highest BCUT2D eigenvalue weighted by Crippen LogP contribution is 2.23. The monoisotopic (exact) mass is 390 g/mol. The number of fused-ring (bicyclic) bond motifs is 3. The maximum atomic E-state index is 12.7. The second kappa shape index (κ2) is 7.59. The number of para-hydroxylation sites is 1. The van der Waals surface area contributed by atoms with E-state index in [1.54, 1.807) is 12.1 Å². The Balaban J connectivity index is 1.55. The highest BCUT2D eigenvalue weighted by molar-refractivity contribution is 6.01. The summed E-state index contributed by atoms with van der Waals surface area (Å²) < 4.78 is 6.74. The summed E-state index contributed by atoms with van der Waals surface area (Å²) >= 11 is 0. The van der Waals surface area contributed by atoms with E-state index in [0.29, 0.717) is 11.1 Å². The molecular formula is C21H18N4O4. The first-order valence-corrected chi connectivity index (χ1v) is 9.02. The molecule has 0 bridgehead atoms. The number of nitrogens with one attached hydrogen (secondary N) is 1. The van der Waals surface area contributed by atoms with Crippen LogP contribution >= 0.6 is 0 Å². The summed E-state index contributed by atoms with van der Waals surface area (Å²) in [6.07, 6.45) is 1.56. The van der Waals surface area contributed by atoms with Crippen LogP contribution < -0.4 is 16.6 Å². The molecule has 29 heavy (non-hydrogen) atoms. The minimum Gasteiger partial charge on any atom is -0.448 e. The predicted molar refractivity (Wildman–Crippen MR) is 107 cm³/mol. The van der Waals surface area contributed by atoms with Gasteiger partial charge in [-0.1, -0.05) is 42.5 Å². The van der Waals surface area contributed by atoms with Crippen LogP contribution in [0.5, 0.6) is 0 Å². The van der Waals surface area contributed by atoms with Crippen molar-refractivity contribution in [3.63, 3.8) is 0 Å². The Bertz CT molecular complexity index is 1260. The summed E-state index contributed by atoms with van der Waals surface area (Å²) in [5.41, 5.74) is 6.89. The Hall–Kier alpha value is -3.94. The maximum absolute atomic E-state index is 12.7. The lowest BCUT2D eigenvalue weighted by Gasteiger charge is -2.16. The third-order valence-corrected chi connectivity index (χ3v) is 4.63. The number of aromatic nitrogens is 2. The summed E-state index contributed by atoms with van der Waals surface area (Å²) in [5.74, 6) is -1.18. The molecule has 8 heteroatoms. The maximum Gasteiger partial charge on any atom is 0.297 e. The van der Waals surface area contributed by atoms with Gasteiger partial charge >= 0.3 is 0 Å². The highest BCUT2D eigenvalue weighted by Gasteiger charge is 2.20. The molecule has 2 amide bonds. The van der Waals surface area contributed by atoms with E-state index < -0.39 is 23.4 Å². The molecule has 1 atom stereocenters. The molecule has 146 valence electrons. The van der Waals surface area contributed by atoms with E-state index >= 15 is 0 Å². The van der Waals surface area contributed by atoms with Gasteiger partial charge < -0.3 is 15.5 Å². The van der Waals surface area contributed by atoms with Crippen molar-refractivity contribution in [2.24, 2.45) is 5.73 Å². The average Bonchev–Trinajstić information content (AvgIpc) is 3.10. The Labute approximate surface area is 164 Å². The second-order valence-electron chi connectivity index (χ2n) is 6.67. The van der Waals surface area contributed by atoms with Crippen LogP contribution in [-0.2, 0) is 22.6 Å². The number of carbonyl (C=O) groups is 2. The summed E-state index contributed by atoms with van der Waals surface area (Å²) in [5, 5.41) is 3.31. The molecule has 0 aliphatic heterocycles. The molecule has 0 saturated carbocycles. The number of hydrogen-bond acceptors (Lipinski definition) is 5. The molecule has 2 aromatic carbocycles. The standard InChI is InChI=1S/C21H18N4O4/c22-20(27)15(10-13-6-2-1-3-7-13)24-17(26)11-25-12-23-18-14-8-4-5-9-16(14)29-19(18)21(25)28/h1-9,12,15H,10-11H2,(H2,22,27)(H,24,26). The summed E-state index contributed by atoms with van der Waals surface area (Å²) in [7, 11) is 0. The largest absolute Gasteiger partial charge is 0.448 e. The van der Waals surface area contributed by atoms with Crippen molar-refractivity contribution in [3.8, 4) is 0 Å². The number of amides is 2. The van der Waals surface area contributed by atoms with Gasteiger partial charge in [0, 0.05) is 11.8 Å². The zero-order valence-corrected chi connectivity index (χ0v) is 15.4. The normalized spacial score (nSPS) is 12.1. The van der Waals surface area contributed by atoms with Gasteiger partial charge in [0.15, 0.2) is 0 Å². The van der Waals surface area contributed by atoms with Gasteiger partial charge in [-0.3, -0.25) is 19.0 Å². The molecule has 0 aliphatic carbocycles. The number of benzene rings is 2. The Kier molecular flexibility index (Phi) is 4.82. The van der Waals surface area contributed by atoms with Crippen molar-refractivity contribution in [1.82, 2.24) is 14.9 Å². The van der Waals surface area contributed by atoms with Crippen LogP contribution in [0, 0.1) is 0 Å². The molecule has 0 spiro atoms. The predicted octanol–water partition coefficient (Wildman–Crippen LogP) is 1.36. The molecule has 0 fully saturated rings. The highest BCUT2D eigenvalue weighted by atomic mass is 16.3. The van der Waals surface area contributed by atoms with E-state index in [0.717, 1.165) is 15.5 Å². The lowest BCUT2D eigenvalue weighted by molar-refractivity contribution is -0.127. The van der Waals surface area contributed by atoms with Crippen LogP contribution in [0.2, 0.25) is 0 Å². The fourth-order valence-corrected chi connectivity index (χ4v) is 3.20. The fraction of sp³-hybridized carbons (Fsp3) is 0.143. The van der Waals surface area contributed by atoms with E-state index in [2.05, 4.69) is 10.3 Å². The molecule has 4 rings (SSSR count). The smallest absolute Gasteiger partial charge is 0.297 e. The Morgan fingerprint density at radius 3 is 2.59 bits per heavy atom. The van der Waals surface area contributed by atoms with Crippen LogP contribution in [0.4, 0.5) is 0 Å².